The summed E-state index contributed by atoms with van der Waals surface area (Å²) in [4.78, 5) is 34.2. The second-order valence-corrected chi connectivity index (χ2v) is 5.93. The van der Waals surface area contributed by atoms with E-state index in [0.717, 1.165) is 18.5 Å². The van der Waals surface area contributed by atoms with E-state index in [1.54, 1.807) is 0 Å². The molecule has 0 unspecified atom stereocenters. The number of H-pyrrole nitrogens is 1. The molecule has 1 aromatic carbocycles. The monoisotopic (exact) mass is 400 g/mol. The Labute approximate surface area is 160 Å². The minimum atomic E-state index is -4.56. The van der Waals surface area contributed by atoms with E-state index in [1.807, 2.05) is 0 Å². The molecule has 0 aliphatic carbocycles. The van der Waals surface area contributed by atoms with Gasteiger partial charge in [-0.2, -0.15) is 18.3 Å². The minimum absolute atomic E-state index is 0.0108. The second-order valence-electron chi connectivity index (χ2n) is 5.93. The fraction of sp³-hybridized carbons (Fsp3) is 0.0556. The third kappa shape index (κ3) is 3.57. The highest BCUT2D eigenvalue weighted by molar-refractivity contribution is 6.07. The number of alkyl halides is 3. The molecule has 4 aromatic rings. The van der Waals surface area contributed by atoms with Crippen molar-refractivity contribution >= 4 is 17.4 Å². The quantitative estimate of drug-likeness (QED) is 0.550. The first kappa shape index (κ1) is 18.3. The number of amides is 1. The van der Waals surface area contributed by atoms with Crippen LogP contribution in [0.25, 0.3) is 16.9 Å². The number of aromatic amines is 1. The SMILES string of the molecule is O=C(Nc1cc(=O)[nH]cn1)c1cnn2ccc(-c3ccccc3C(F)(F)F)nc12. The number of anilines is 1. The summed E-state index contributed by atoms with van der Waals surface area (Å²) in [7, 11) is 0. The van der Waals surface area contributed by atoms with Crippen LogP contribution in [0.4, 0.5) is 19.0 Å². The van der Waals surface area contributed by atoms with Gasteiger partial charge in [0.15, 0.2) is 5.65 Å². The topological polar surface area (TPSA) is 105 Å². The number of benzene rings is 1. The first-order chi connectivity index (χ1) is 13.8. The van der Waals surface area contributed by atoms with Crippen LogP contribution in [0.5, 0.6) is 0 Å². The molecule has 0 radical (unpaired) electrons. The van der Waals surface area contributed by atoms with E-state index in [2.05, 4.69) is 25.4 Å². The van der Waals surface area contributed by atoms with Crippen LogP contribution >= 0.6 is 0 Å². The van der Waals surface area contributed by atoms with Crippen molar-refractivity contribution in [1.29, 1.82) is 0 Å². The number of nitrogens with one attached hydrogen (secondary N) is 2. The normalized spacial score (nSPS) is 11.6. The average Bonchev–Trinajstić information content (AvgIpc) is 3.10. The maximum absolute atomic E-state index is 13.3. The first-order valence-electron chi connectivity index (χ1n) is 8.20. The van der Waals surface area contributed by atoms with Gasteiger partial charge in [0, 0.05) is 17.8 Å². The molecule has 11 heteroatoms. The van der Waals surface area contributed by atoms with Gasteiger partial charge in [0.05, 0.1) is 23.8 Å². The van der Waals surface area contributed by atoms with Gasteiger partial charge in [-0.3, -0.25) is 9.59 Å². The molecule has 0 saturated carbocycles. The van der Waals surface area contributed by atoms with Crippen LogP contribution in [-0.4, -0.2) is 30.5 Å². The minimum Gasteiger partial charge on any atom is -0.313 e. The number of carbonyl (C=O) groups excluding carboxylic acids is 1. The van der Waals surface area contributed by atoms with Crippen LogP contribution in [0.2, 0.25) is 0 Å². The number of hydrogen-bond acceptors (Lipinski definition) is 5. The summed E-state index contributed by atoms with van der Waals surface area (Å²) in [6.45, 7) is 0. The molecule has 146 valence electrons. The van der Waals surface area contributed by atoms with Gasteiger partial charge in [-0.25, -0.2) is 14.5 Å². The van der Waals surface area contributed by atoms with Gasteiger partial charge in [0.25, 0.3) is 11.5 Å². The molecule has 3 aromatic heterocycles. The summed E-state index contributed by atoms with van der Waals surface area (Å²) >= 11 is 0. The highest BCUT2D eigenvalue weighted by atomic mass is 19.4. The lowest BCUT2D eigenvalue weighted by molar-refractivity contribution is -0.137. The number of halogens is 3. The van der Waals surface area contributed by atoms with E-state index >= 15 is 0 Å². The number of nitrogens with zero attached hydrogens (tertiary/aromatic N) is 4. The number of fused-ring (bicyclic) bond motifs is 1. The van der Waals surface area contributed by atoms with Crippen LogP contribution in [0.3, 0.4) is 0 Å². The standard InChI is InChI=1S/C18H11F3N6O2/c19-18(20,21)12-4-2-1-3-10(12)13-5-6-27-16(25-13)11(8-24-27)17(29)26-14-7-15(28)23-9-22-14/h1-9H,(H2,22,23,26,28,29). The van der Waals surface area contributed by atoms with Crippen molar-refractivity contribution in [3.05, 3.63) is 76.6 Å². The lowest BCUT2D eigenvalue weighted by atomic mass is 10.0. The molecule has 0 aliphatic heterocycles. The Morgan fingerprint density at radius 1 is 1.17 bits per heavy atom. The summed E-state index contributed by atoms with van der Waals surface area (Å²) in [5.41, 5.74) is -1.31. The molecule has 0 fully saturated rings. The Kier molecular flexibility index (Phi) is 4.34. The summed E-state index contributed by atoms with van der Waals surface area (Å²) in [6.07, 6.45) is -0.799. The predicted octanol–water partition coefficient (Wildman–Crippen LogP) is 2.75. The van der Waals surface area contributed by atoms with Gasteiger partial charge in [-0.1, -0.05) is 18.2 Å². The second kappa shape index (κ2) is 6.86. The Morgan fingerprint density at radius 2 is 1.97 bits per heavy atom. The van der Waals surface area contributed by atoms with Gasteiger partial charge in [-0.15, -0.1) is 0 Å². The molecule has 3 heterocycles. The van der Waals surface area contributed by atoms with Crippen molar-refractivity contribution in [2.24, 2.45) is 0 Å². The van der Waals surface area contributed by atoms with Crippen LogP contribution in [-0.2, 0) is 6.18 Å². The average molecular weight is 400 g/mol. The molecular formula is C18H11F3N6O2. The van der Waals surface area contributed by atoms with Crippen molar-refractivity contribution in [3.63, 3.8) is 0 Å². The molecule has 0 spiro atoms. The van der Waals surface area contributed by atoms with Crippen LogP contribution in [0.15, 0.2) is 59.9 Å². The van der Waals surface area contributed by atoms with E-state index in [0.29, 0.717) is 0 Å². The Hall–Kier alpha value is -4.02. The molecule has 0 aliphatic rings. The van der Waals surface area contributed by atoms with Gasteiger partial charge in [0.2, 0.25) is 0 Å². The van der Waals surface area contributed by atoms with Crippen LogP contribution in [0, 0.1) is 0 Å². The predicted molar refractivity (Wildman–Crippen MR) is 96.2 cm³/mol. The fourth-order valence-electron chi connectivity index (χ4n) is 2.75. The molecule has 0 atom stereocenters. The lowest BCUT2D eigenvalue weighted by Crippen LogP contribution is -2.16. The van der Waals surface area contributed by atoms with Crippen LogP contribution < -0.4 is 10.9 Å². The van der Waals surface area contributed by atoms with E-state index in [1.165, 1.54) is 41.2 Å². The van der Waals surface area contributed by atoms with E-state index < -0.39 is 23.2 Å². The summed E-state index contributed by atoms with van der Waals surface area (Å²) in [5, 5.41) is 6.42. The van der Waals surface area contributed by atoms with Crippen molar-refractivity contribution in [1.82, 2.24) is 24.6 Å². The Balaban J connectivity index is 1.76. The number of carbonyl (C=O) groups is 1. The van der Waals surface area contributed by atoms with Crippen LogP contribution in [0.1, 0.15) is 15.9 Å². The van der Waals surface area contributed by atoms with Gasteiger partial charge in [-0.05, 0) is 12.1 Å². The maximum Gasteiger partial charge on any atom is 0.417 e. The van der Waals surface area contributed by atoms with E-state index in [9.17, 15) is 22.8 Å². The third-order valence-corrected chi connectivity index (χ3v) is 4.04. The molecule has 1 amide bonds. The fourth-order valence-corrected chi connectivity index (χ4v) is 2.75. The maximum atomic E-state index is 13.3. The lowest BCUT2D eigenvalue weighted by Gasteiger charge is -2.12. The van der Waals surface area contributed by atoms with E-state index in [-0.39, 0.29) is 28.3 Å². The highest BCUT2D eigenvalue weighted by Crippen LogP contribution is 2.36. The zero-order valence-electron chi connectivity index (χ0n) is 14.4. The van der Waals surface area contributed by atoms with Crippen molar-refractivity contribution in [2.45, 2.75) is 6.18 Å². The highest BCUT2D eigenvalue weighted by Gasteiger charge is 2.33. The van der Waals surface area contributed by atoms with Crippen molar-refractivity contribution in [2.75, 3.05) is 5.32 Å². The Morgan fingerprint density at radius 3 is 2.72 bits per heavy atom. The number of hydrogen-bond donors (Lipinski definition) is 2. The smallest absolute Gasteiger partial charge is 0.313 e. The summed E-state index contributed by atoms with van der Waals surface area (Å²) in [5.74, 6) is -0.650. The zero-order valence-corrected chi connectivity index (χ0v) is 14.4. The molecule has 4 rings (SSSR count). The van der Waals surface area contributed by atoms with Gasteiger partial charge < -0.3 is 10.3 Å². The third-order valence-electron chi connectivity index (χ3n) is 4.04. The number of aromatic nitrogens is 5. The van der Waals surface area contributed by atoms with Crippen molar-refractivity contribution in [3.8, 4) is 11.3 Å². The molecule has 0 bridgehead atoms. The van der Waals surface area contributed by atoms with Gasteiger partial charge in [0.1, 0.15) is 11.4 Å². The molecule has 8 nitrogen and oxygen atoms in total. The first-order valence-corrected chi connectivity index (χ1v) is 8.20. The van der Waals surface area contributed by atoms with E-state index in [4.69, 9.17) is 0 Å². The van der Waals surface area contributed by atoms with Gasteiger partial charge >= 0.3 is 6.18 Å². The van der Waals surface area contributed by atoms with Crippen molar-refractivity contribution < 1.29 is 18.0 Å². The number of rotatable bonds is 3. The summed E-state index contributed by atoms with van der Waals surface area (Å²) < 4.78 is 41.2. The molecule has 29 heavy (non-hydrogen) atoms. The molecular weight excluding hydrogens is 389 g/mol. The zero-order chi connectivity index (χ0) is 20.6. The Bertz CT molecular complexity index is 1280. The molecule has 2 N–H and O–H groups in total. The largest absolute Gasteiger partial charge is 0.417 e. The molecule has 0 saturated heterocycles. The summed E-state index contributed by atoms with van der Waals surface area (Å²) in [6, 6.07) is 7.49.